The van der Waals surface area contributed by atoms with Gasteiger partial charge in [-0.2, -0.15) is 5.10 Å². The zero-order valence-corrected chi connectivity index (χ0v) is 14.1. The number of ether oxygens (including phenoxy) is 2. The van der Waals surface area contributed by atoms with Crippen LogP contribution in [-0.4, -0.2) is 41.6 Å². The van der Waals surface area contributed by atoms with E-state index in [2.05, 4.69) is 35.5 Å². The molecule has 0 radical (unpaired) electrons. The zero-order valence-electron chi connectivity index (χ0n) is 14.1. The quantitative estimate of drug-likeness (QED) is 0.904. The van der Waals surface area contributed by atoms with Crippen molar-refractivity contribution in [1.82, 2.24) is 15.1 Å². The third-order valence-electron chi connectivity index (χ3n) is 4.00. The molecule has 0 aliphatic carbocycles. The molecule has 1 atom stereocenters. The fourth-order valence-electron chi connectivity index (χ4n) is 2.79. The summed E-state index contributed by atoms with van der Waals surface area (Å²) in [7, 11) is 0. The van der Waals surface area contributed by atoms with Crippen LogP contribution in [0.1, 0.15) is 22.5 Å². The molecule has 1 saturated heterocycles. The maximum absolute atomic E-state index is 12.1. The van der Waals surface area contributed by atoms with Gasteiger partial charge in [-0.3, -0.25) is 9.48 Å². The van der Waals surface area contributed by atoms with Gasteiger partial charge in [0.05, 0.1) is 32.1 Å². The molecule has 128 valence electrons. The number of carbonyl (C=O) groups excluding carboxylic acids is 1. The highest BCUT2D eigenvalue weighted by molar-refractivity contribution is 5.80. The minimum atomic E-state index is -0.503. The van der Waals surface area contributed by atoms with Crippen LogP contribution in [0.3, 0.4) is 0 Å². The summed E-state index contributed by atoms with van der Waals surface area (Å²) in [4.78, 5) is 12.1. The Morgan fingerprint density at radius 1 is 1.29 bits per heavy atom. The van der Waals surface area contributed by atoms with Crippen molar-refractivity contribution in [3.63, 3.8) is 0 Å². The average molecular weight is 329 g/mol. The van der Waals surface area contributed by atoms with Gasteiger partial charge in [-0.15, -0.1) is 0 Å². The fraction of sp³-hybridized carbons (Fsp3) is 0.444. The molecule has 1 N–H and O–H groups in total. The molecule has 1 aliphatic heterocycles. The van der Waals surface area contributed by atoms with Gasteiger partial charge in [-0.1, -0.05) is 24.3 Å². The molecule has 0 bridgehead atoms. The molecule has 0 unspecified atom stereocenters. The van der Waals surface area contributed by atoms with Gasteiger partial charge in [0.1, 0.15) is 0 Å². The van der Waals surface area contributed by atoms with E-state index in [0.717, 1.165) is 29.1 Å². The van der Waals surface area contributed by atoms with Crippen LogP contribution < -0.4 is 5.32 Å². The standard InChI is InChI=1S/C18H23N3O3/c1-13-8-14(2)21(20-13)11-16-5-3-4-15(9-16)10-19-18(22)17-12-23-6-7-24-17/h3-5,8-9,17H,6-7,10-12H2,1-2H3,(H,19,22)/t17-/m1/s1. The number of hydrogen-bond donors (Lipinski definition) is 1. The van der Waals surface area contributed by atoms with E-state index in [1.54, 1.807) is 0 Å². The summed E-state index contributed by atoms with van der Waals surface area (Å²) < 4.78 is 12.6. The second-order valence-electron chi connectivity index (χ2n) is 6.06. The minimum Gasteiger partial charge on any atom is -0.376 e. The van der Waals surface area contributed by atoms with Gasteiger partial charge < -0.3 is 14.8 Å². The van der Waals surface area contributed by atoms with Crippen LogP contribution in [0.25, 0.3) is 0 Å². The van der Waals surface area contributed by atoms with Gasteiger partial charge in [0.25, 0.3) is 5.91 Å². The van der Waals surface area contributed by atoms with Crippen LogP contribution in [0.4, 0.5) is 0 Å². The number of aromatic nitrogens is 2. The molecule has 1 aromatic carbocycles. The second-order valence-corrected chi connectivity index (χ2v) is 6.06. The Hall–Kier alpha value is -2.18. The third kappa shape index (κ3) is 4.21. The predicted octanol–water partition coefficient (Wildman–Crippen LogP) is 1.58. The van der Waals surface area contributed by atoms with Crippen LogP contribution in [0.2, 0.25) is 0 Å². The van der Waals surface area contributed by atoms with Crippen molar-refractivity contribution < 1.29 is 14.3 Å². The Bertz CT molecular complexity index is 705. The molecule has 1 fully saturated rings. The molecular weight excluding hydrogens is 306 g/mol. The predicted molar refractivity (Wildman–Crippen MR) is 89.7 cm³/mol. The van der Waals surface area contributed by atoms with Gasteiger partial charge in [0.15, 0.2) is 6.10 Å². The SMILES string of the molecule is Cc1cc(C)n(Cc2cccc(CNC(=O)[C@H]3COCCO3)c2)n1. The number of hydrogen-bond acceptors (Lipinski definition) is 4. The van der Waals surface area contributed by atoms with E-state index in [1.807, 2.05) is 23.7 Å². The van der Waals surface area contributed by atoms with Crippen LogP contribution >= 0.6 is 0 Å². The Kier molecular flexibility index (Phi) is 5.27. The molecule has 3 rings (SSSR count). The van der Waals surface area contributed by atoms with E-state index in [-0.39, 0.29) is 5.91 Å². The summed E-state index contributed by atoms with van der Waals surface area (Å²) in [6.07, 6.45) is -0.503. The maximum Gasteiger partial charge on any atom is 0.251 e. The largest absolute Gasteiger partial charge is 0.376 e. The van der Waals surface area contributed by atoms with Crippen molar-refractivity contribution in [2.75, 3.05) is 19.8 Å². The van der Waals surface area contributed by atoms with E-state index in [1.165, 1.54) is 0 Å². The Balaban J connectivity index is 1.58. The highest BCUT2D eigenvalue weighted by Gasteiger charge is 2.22. The van der Waals surface area contributed by atoms with Gasteiger partial charge in [0, 0.05) is 12.2 Å². The third-order valence-corrected chi connectivity index (χ3v) is 4.00. The molecule has 1 aliphatic rings. The first kappa shape index (κ1) is 16.7. The first-order valence-electron chi connectivity index (χ1n) is 8.18. The number of aryl methyl sites for hydroxylation is 2. The molecule has 0 spiro atoms. The molecule has 1 amide bonds. The Morgan fingerprint density at radius 2 is 2.12 bits per heavy atom. The van der Waals surface area contributed by atoms with Gasteiger partial charge >= 0.3 is 0 Å². The monoisotopic (exact) mass is 329 g/mol. The lowest BCUT2D eigenvalue weighted by atomic mass is 10.1. The summed E-state index contributed by atoms with van der Waals surface area (Å²) in [5.41, 5.74) is 4.37. The second kappa shape index (κ2) is 7.59. The Morgan fingerprint density at radius 3 is 2.83 bits per heavy atom. The number of nitrogens with one attached hydrogen (secondary N) is 1. The van der Waals surface area contributed by atoms with Gasteiger partial charge in [-0.25, -0.2) is 0 Å². The van der Waals surface area contributed by atoms with Gasteiger partial charge in [-0.05, 0) is 31.0 Å². The smallest absolute Gasteiger partial charge is 0.251 e. The molecule has 2 heterocycles. The number of amides is 1. The maximum atomic E-state index is 12.1. The number of nitrogens with zero attached hydrogens (tertiary/aromatic N) is 2. The van der Waals surface area contributed by atoms with E-state index in [0.29, 0.717) is 26.4 Å². The number of rotatable bonds is 5. The summed E-state index contributed by atoms with van der Waals surface area (Å²) in [5.74, 6) is -0.126. The van der Waals surface area contributed by atoms with Crippen molar-refractivity contribution >= 4 is 5.91 Å². The highest BCUT2D eigenvalue weighted by Crippen LogP contribution is 2.10. The van der Waals surface area contributed by atoms with Crippen molar-refractivity contribution in [1.29, 1.82) is 0 Å². The van der Waals surface area contributed by atoms with Crippen molar-refractivity contribution in [2.24, 2.45) is 0 Å². The van der Waals surface area contributed by atoms with E-state index in [9.17, 15) is 4.79 Å². The van der Waals surface area contributed by atoms with Crippen LogP contribution in [0, 0.1) is 13.8 Å². The first-order valence-corrected chi connectivity index (χ1v) is 8.18. The van der Waals surface area contributed by atoms with E-state index < -0.39 is 6.10 Å². The summed E-state index contributed by atoms with van der Waals surface area (Å²) >= 11 is 0. The average Bonchev–Trinajstić information content (AvgIpc) is 2.91. The van der Waals surface area contributed by atoms with Crippen LogP contribution in [0.15, 0.2) is 30.3 Å². The topological polar surface area (TPSA) is 65.4 Å². The molecule has 6 nitrogen and oxygen atoms in total. The number of benzene rings is 1. The van der Waals surface area contributed by atoms with E-state index >= 15 is 0 Å². The van der Waals surface area contributed by atoms with Gasteiger partial charge in [0.2, 0.25) is 0 Å². The van der Waals surface area contributed by atoms with Crippen LogP contribution in [0.5, 0.6) is 0 Å². The van der Waals surface area contributed by atoms with Crippen molar-refractivity contribution in [2.45, 2.75) is 33.0 Å². The summed E-state index contributed by atoms with van der Waals surface area (Å²) in [5, 5.41) is 7.40. The summed E-state index contributed by atoms with van der Waals surface area (Å²) in [6, 6.07) is 10.2. The molecule has 2 aromatic rings. The van der Waals surface area contributed by atoms with Crippen molar-refractivity contribution in [3.8, 4) is 0 Å². The lowest BCUT2D eigenvalue weighted by Crippen LogP contribution is -2.42. The number of carbonyl (C=O) groups is 1. The molecule has 6 heteroatoms. The molecule has 1 aromatic heterocycles. The van der Waals surface area contributed by atoms with E-state index in [4.69, 9.17) is 9.47 Å². The first-order chi connectivity index (χ1) is 11.6. The lowest BCUT2D eigenvalue weighted by molar-refractivity contribution is -0.147. The lowest BCUT2D eigenvalue weighted by Gasteiger charge is -2.22. The van der Waals surface area contributed by atoms with Crippen molar-refractivity contribution in [3.05, 3.63) is 52.8 Å². The normalized spacial score (nSPS) is 17.7. The molecular formula is C18H23N3O3. The van der Waals surface area contributed by atoms with Crippen LogP contribution in [-0.2, 0) is 27.4 Å². The fourth-order valence-corrected chi connectivity index (χ4v) is 2.79. The zero-order chi connectivity index (χ0) is 16.9. The Labute approximate surface area is 141 Å². The highest BCUT2D eigenvalue weighted by atomic mass is 16.6. The molecule has 24 heavy (non-hydrogen) atoms. The minimum absolute atomic E-state index is 0.126. The molecule has 0 saturated carbocycles. The summed E-state index contributed by atoms with van der Waals surface area (Å²) in [6.45, 7) is 6.59.